The van der Waals surface area contributed by atoms with Crippen molar-refractivity contribution in [3.8, 4) is 0 Å². The summed E-state index contributed by atoms with van der Waals surface area (Å²) in [5, 5.41) is 11.0. The van der Waals surface area contributed by atoms with Crippen molar-refractivity contribution in [3.63, 3.8) is 0 Å². The fourth-order valence-electron chi connectivity index (χ4n) is 2.92. The maximum atomic E-state index is 12.5. The topological polar surface area (TPSA) is 89.5 Å². The summed E-state index contributed by atoms with van der Waals surface area (Å²) in [6, 6.07) is 6.35. The van der Waals surface area contributed by atoms with Crippen molar-refractivity contribution in [1.29, 1.82) is 0 Å². The molecule has 0 saturated carbocycles. The van der Waals surface area contributed by atoms with E-state index in [2.05, 4.69) is 0 Å². The standard InChI is InChI=1S/C15H21N3O3.ClH/c1-11(16)13-7-4-5-9-17(13)15(19)10-12-6-2-3-8-14(12)18(20)21;/h2-3,6,8,11,13H,4-5,7,9-10,16H2,1H3;1H. The molecule has 1 saturated heterocycles. The van der Waals surface area contributed by atoms with Gasteiger partial charge in [-0.3, -0.25) is 14.9 Å². The quantitative estimate of drug-likeness (QED) is 0.678. The number of carbonyl (C=O) groups excluding carboxylic acids is 1. The van der Waals surface area contributed by atoms with Gasteiger partial charge in [-0.25, -0.2) is 0 Å². The number of nitrogens with zero attached hydrogens (tertiary/aromatic N) is 2. The van der Waals surface area contributed by atoms with E-state index in [-0.39, 0.29) is 42.5 Å². The first kappa shape index (κ1) is 18.4. The monoisotopic (exact) mass is 327 g/mol. The molecule has 7 heteroatoms. The third-order valence-electron chi connectivity index (χ3n) is 4.01. The van der Waals surface area contributed by atoms with E-state index in [9.17, 15) is 14.9 Å². The molecule has 0 radical (unpaired) electrons. The Morgan fingerprint density at radius 1 is 1.45 bits per heavy atom. The number of carbonyl (C=O) groups is 1. The largest absolute Gasteiger partial charge is 0.338 e. The summed E-state index contributed by atoms with van der Waals surface area (Å²) in [6.07, 6.45) is 2.99. The molecule has 0 aliphatic carbocycles. The summed E-state index contributed by atoms with van der Waals surface area (Å²) in [5.41, 5.74) is 6.42. The number of likely N-dealkylation sites (tertiary alicyclic amines) is 1. The second-order valence-corrected chi connectivity index (χ2v) is 5.57. The number of para-hydroxylation sites is 1. The average Bonchev–Trinajstić information content (AvgIpc) is 2.47. The summed E-state index contributed by atoms with van der Waals surface area (Å²) in [4.78, 5) is 24.9. The van der Waals surface area contributed by atoms with Gasteiger partial charge in [0.2, 0.25) is 5.91 Å². The highest BCUT2D eigenvalue weighted by Gasteiger charge is 2.30. The predicted molar refractivity (Wildman–Crippen MR) is 87.0 cm³/mol. The van der Waals surface area contributed by atoms with E-state index in [4.69, 9.17) is 5.73 Å². The van der Waals surface area contributed by atoms with Crippen molar-refractivity contribution in [2.45, 2.75) is 44.7 Å². The summed E-state index contributed by atoms with van der Waals surface area (Å²) >= 11 is 0. The molecule has 1 aromatic rings. The lowest BCUT2D eigenvalue weighted by molar-refractivity contribution is -0.385. The maximum Gasteiger partial charge on any atom is 0.273 e. The molecule has 0 spiro atoms. The summed E-state index contributed by atoms with van der Waals surface area (Å²) in [6.45, 7) is 2.59. The molecule has 1 amide bonds. The smallest absolute Gasteiger partial charge is 0.273 e. The van der Waals surface area contributed by atoms with Crippen LogP contribution in [0.25, 0.3) is 0 Å². The number of rotatable bonds is 4. The van der Waals surface area contributed by atoms with Crippen LogP contribution in [0.2, 0.25) is 0 Å². The second kappa shape index (κ2) is 8.10. The van der Waals surface area contributed by atoms with E-state index < -0.39 is 4.92 Å². The van der Waals surface area contributed by atoms with Gasteiger partial charge in [0.1, 0.15) is 0 Å². The number of benzene rings is 1. The van der Waals surface area contributed by atoms with Gasteiger partial charge in [-0.15, -0.1) is 12.4 Å². The third-order valence-corrected chi connectivity index (χ3v) is 4.01. The maximum absolute atomic E-state index is 12.5. The Hall–Kier alpha value is -1.66. The first-order valence-corrected chi connectivity index (χ1v) is 7.28. The van der Waals surface area contributed by atoms with Crippen LogP contribution < -0.4 is 5.73 Å². The fourth-order valence-corrected chi connectivity index (χ4v) is 2.92. The first-order valence-electron chi connectivity index (χ1n) is 7.28. The molecule has 1 aliphatic rings. The molecule has 1 heterocycles. The van der Waals surface area contributed by atoms with Gasteiger partial charge in [-0.2, -0.15) is 0 Å². The van der Waals surface area contributed by atoms with Crippen molar-refractivity contribution in [2.24, 2.45) is 5.73 Å². The van der Waals surface area contributed by atoms with E-state index in [1.54, 1.807) is 23.1 Å². The molecule has 2 rings (SSSR count). The Bertz CT molecular complexity index is 537. The lowest BCUT2D eigenvalue weighted by atomic mass is 9.96. The van der Waals surface area contributed by atoms with Crippen LogP contribution in [0.5, 0.6) is 0 Å². The normalized spacial score (nSPS) is 19.2. The third kappa shape index (κ3) is 4.18. The highest BCUT2D eigenvalue weighted by atomic mass is 35.5. The number of nitro benzene ring substituents is 1. The Morgan fingerprint density at radius 3 is 2.77 bits per heavy atom. The van der Waals surface area contributed by atoms with Gasteiger partial charge in [0, 0.05) is 30.3 Å². The molecule has 1 aliphatic heterocycles. The van der Waals surface area contributed by atoms with Gasteiger partial charge in [-0.05, 0) is 26.2 Å². The van der Waals surface area contributed by atoms with E-state index in [1.807, 2.05) is 6.92 Å². The van der Waals surface area contributed by atoms with Crippen LogP contribution in [-0.4, -0.2) is 34.4 Å². The van der Waals surface area contributed by atoms with E-state index in [1.165, 1.54) is 6.07 Å². The van der Waals surface area contributed by atoms with Crippen LogP contribution in [0, 0.1) is 10.1 Å². The number of hydrogen-bond acceptors (Lipinski definition) is 4. The van der Waals surface area contributed by atoms with Gasteiger partial charge < -0.3 is 10.6 Å². The summed E-state index contributed by atoms with van der Waals surface area (Å²) in [7, 11) is 0. The number of piperidine rings is 1. The van der Waals surface area contributed by atoms with E-state index >= 15 is 0 Å². The zero-order valence-electron chi connectivity index (χ0n) is 12.6. The van der Waals surface area contributed by atoms with Gasteiger partial charge in [0.25, 0.3) is 5.69 Å². The van der Waals surface area contributed by atoms with Gasteiger partial charge in [0.15, 0.2) is 0 Å². The molecule has 0 aromatic heterocycles. The van der Waals surface area contributed by atoms with Gasteiger partial charge >= 0.3 is 0 Å². The molecular formula is C15H22ClN3O3. The summed E-state index contributed by atoms with van der Waals surface area (Å²) < 4.78 is 0. The molecule has 6 nitrogen and oxygen atoms in total. The molecule has 2 N–H and O–H groups in total. The lowest BCUT2D eigenvalue weighted by Crippen LogP contribution is -2.52. The Labute approximate surface area is 136 Å². The minimum atomic E-state index is -0.443. The van der Waals surface area contributed by atoms with Gasteiger partial charge in [0.05, 0.1) is 11.3 Å². The average molecular weight is 328 g/mol. The van der Waals surface area contributed by atoms with Crippen molar-refractivity contribution in [3.05, 3.63) is 39.9 Å². The number of hydrogen-bond donors (Lipinski definition) is 1. The minimum Gasteiger partial charge on any atom is -0.338 e. The second-order valence-electron chi connectivity index (χ2n) is 5.57. The van der Waals surface area contributed by atoms with Crippen LogP contribution >= 0.6 is 12.4 Å². The predicted octanol–water partition coefficient (Wildman–Crippen LogP) is 2.29. The Kier molecular flexibility index (Phi) is 6.77. The minimum absolute atomic E-state index is 0. The van der Waals surface area contributed by atoms with E-state index in [0.29, 0.717) is 12.1 Å². The van der Waals surface area contributed by atoms with Crippen LogP contribution in [0.3, 0.4) is 0 Å². The molecule has 1 aromatic carbocycles. The number of nitrogens with two attached hydrogens (primary N) is 1. The SMILES string of the molecule is CC(N)C1CCCCN1C(=O)Cc1ccccc1[N+](=O)[O-].Cl. The van der Waals surface area contributed by atoms with Crippen molar-refractivity contribution < 1.29 is 9.72 Å². The van der Waals surface area contributed by atoms with Crippen LogP contribution in [-0.2, 0) is 11.2 Å². The Morgan fingerprint density at radius 2 is 2.14 bits per heavy atom. The fraction of sp³-hybridized carbons (Fsp3) is 0.533. The zero-order valence-corrected chi connectivity index (χ0v) is 13.4. The molecule has 22 heavy (non-hydrogen) atoms. The van der Waals surface area contributed by atoms with Gasteiger partial charge in [-0.1, -0.05) is 18.2 Å². The van der Waals surface area contributed by atoms with Crippen molar-refractivity contribution in [2.75, 3.05) is 6.54 Å². The lowest BCUT2D eigenvalue weighted by Gasteiger charge is -2.38. The first-order chi connectivity index (χ1) is 10.0. The zero-order chi connectivity index (χ0) is 15.4. The number of nitro groups is 1. The molecule has 1 fully saturated rings. The summed E-state index contributed by atoms with van der Waals surface area (Å²) in [5.74, 6) is -0.0775. The van der Waals surface area contributed by atoms with E-state index in [0.717, 1.165) is 19.3 Å². The van der Waals surface area contributed by atoms with Crippen molar-refractivity contribution in [1.82, 2.24) is 4.90 Å². The van der Waals surface area contributed by atoms with Crippen LogP contribution in [0.4, 0.5) is 5.69 Å². The number of amides is 1. The molecule has 122 valence electrons. The Balaban J connectivity index is 0.00000242. The van der Waals surface area contributed by atoms with Crippen molar-refractivity contribution >= 4 is 24.0 Å². The van der Waals surface area contributed by atoms with Crippen LogP contribution in [0.1, 0.15) is 31.7 Å². The molecule has 2 unspecified atom stereocenters. The highest BCUT2D eigenvalue weighted by Crippen LogP contribution is 2.23. The molecule has 0 bridgehead atoms. The molecule has 2 atom stereocenters. The van der Waals surface area contributed by atoms with Crippen LogP contribution in [0.15, 0.2) is 24.3 Å². The molecular weight excluding hydrogens is 306 g/mol. The highest BCUT2D eigenvalue weighted by molar-refractivity contribution is 5.85. The number of halogens is 1.